The number of anilines is 3. The van der Waals surface area contributed by atoms with Crippen molar-refractivity contribution in [3.8, 4) is 40.2 Å². The number of fused-ring (bicyclic) bond motifs is 1. The smallest absolute Gasteiger partial charge is 0.228 e. The summed E-state index contributed by atoms with van der Waals surface area (Å²) in [7, 11) is 1.60. The molecule has 0 spiro atoms. The van der Waals surface area contributed by atoms with Gasteiger partial charge in [-0.1, -0.05) is 36.8 Å². The monoisotopic (exact) mass is 639 g/mol. The van der Waals surface area contributed by atoms with Crippen LogP contribution < -0.4 is 20.1 Å². The summed E-state index contributed by atoms with van der Waals surface area (Å²) in [6.07, 6.45) is 8.49. The first-order valence-corrected chi connectivity index (χ1v) is 16.3. The molecule has 11 nitrogen and oxygen atoms in total. The average molecular weight is 640 g/mol. The largest absolute Gasteiger partial charge is 0.481 e. The van der Waals surface area contributed by atoms with Crippen LogP contribution in [0.2, 0.25) is 0 Å². The Morgan fingerprint density at radius 1 is 0.750 bits per heavy atom. The van der Waals surface area contributed by atoms with Crippen LogP contribution in [0.5, 0.6) is 17.5 Å². The summed E-state index contributed by atoms with van der Waals surface area (Å²) in [5.74, 6) is 2.86. The van der Waals surface area contributed by atoms with E-state index in [4.69, 9.17) is 14.5 Å². The summed E-state index contributed by atoms with van der Waals surface area (Å²) >= 11 is 0. The van der Waals surface area contributed by atoms with Crippen molar-refractivity contribution < 1.29 is 9.47 Å². The Bertz CT molecular complexity index is 1980. The van der Waals surface area contributed by atoms with Crippen LogP contribution >= 0.6 is 0 Å². The van der Waals surface area contributed by atoms with Gasteiger partial charge in [-0.2, -0.15) is 0 Å². The van der Waals surface area contributed by atoms with Crippen molar-refractivity contribution in [3.63, 3.8) is 0 Å². The fourth-order valence-electron chi connectivity index (χ4n) is 5.85. The van der Waals surface area contributed by atoms with E-state index >= 15 is 0 Å². The Labute approximate surface area is 279 Å². The molecule has 5 heterocycles. The number of ether oxygens (including phenoxy) is 2. The fraction of sp³-hybridized carbons (Fsp3) is 0.243. The second-order valence-electron chi connectivity index (χ2n) is 11.6. The first-order chi connectivity index (χ1) is 23.7. The van der Waals surface area contributed by atoms with Crippen LogP contribution in [-0.2, 0) is 0 Å². The van der Waals surface area contributed by atoms with Crippen LogP contribution in [0.4, 0.5) is 17.5 Å². The molecule has 1 fully saturated rings. The molecule has 0 unspecified atom stereocenters. The number of benzene rings is 2. The highest BCUT2D eigenvalue weighted by molar-refractivity contribution is 6.00. The van der Waals surface area contributed by atoms with Crippen LogP contribution in [0.3, 0.4) is 0 Å². The van der Waals surface area contributed by atoms with Gasteiger partial charge in [0, 0.05) is 41.5 Å². The van der Waals surface area contributed by atoms with E-state index in [1.165, 1.54) is 32.4 Å². The lowest BCUT2D eigenvalue weighted by atomic mass is 10.1. The Balaban J connectivity index is 1.03. The lowest BCUT2D eigenvalue weighted by molar-refractivity contribution is 0.228. The summed E-state index contributed by atoms with van der Waals surface area (Å²) < 4.78 is 11.6. The summed E-state index contributed by atoms with van der Waals surface area (Å²) in [5.41, 5.74) is 3.73. The highest BCUT2D eigenvalue weighted by Gasteiger charge is 2.15. The Kier molecular flexibility index (Phi) is 9.56. The van der Waals surface area contributed by atoms with Gasteiger partial charge in [-0.05, 0) is 87.4 Å². The first kappa shape index (κ1) is 30.9. The van der Waals surface area contributed by atoms with Gasteiger partial charge >= 0.3 is 0 Å². The van der Waals surface area contributed by atoms with E-state index in [0.717, 1.165) is 47.2 Å². The van der Waals surface area contributed by atoms with Crippen LogP contribution in [0.15, 0.2) is 97.3 Å². The van der Waals surface area contributed by atoms with Crippen molar-refractivity contribution in [2.75, 3.05) is 43.9 Å². The molecular weight excluding hydrogens is 602 g/mol. The topological polar surface area (TPSA) is 123 Å². The predicted molar refractivity (Wildman–Crippen MR) is 188 cm³/mol. The Morgan fingerprint density at radius 3 is 2.46 bits per heavy atom. The van der Waals surface area contributed by atoms with E-state index in [1.54, 1.807) is 25.6 Å². The van der Waals surface area contributed by atoms with E-state index in [-0.39, 0.29) is 0 Å². The Morgan fingerprint density at radius 2 is 1.60 bits per heavy atom. The summed E-state index contributed by atoms with van der Waals surface area (Å²) in [4.78, 5) is 20.8. The first-order valence-electron chi connectivity index (χ1n) is 16.3. The number of nitrogens with zero attached hydrogens (tertiary/aromatic N) is 7. The summed E-state index contributed by atoms with van der Waals surface area (Å²) in [6.45, 7) is 4.33. The molecule has 0 amide bonds. The molecule has 1 aliphatic heterocycles. The normalized spacial score (nSPS) is 13.3. The number of methoxy groups -OCH3 is 1. The van der Waals surface area contributed by atoms with Gasteiger partial charge in [0.25, 0.3) is 0 Å². The van der Waals surface area contributed by atoms with Crippen LogP contribution in [0, 0.1) is 0 Å². The molecule has 0 aliphatic carbocycles. The second kappa shape index (κ2) is 14.8. The highest BCUT2D eigenvalue weighted by atomic mass is 16.5. The third-order valence-electron chi connectivity index (χ3n) is 8.28. The molecule has 0 atom stereocenters. The predicted octanol–water partition coefficient (Wildman–Crippen LogP) is 7.38. The molecule has 0 saturated carbocycles. The van der Waals surface area contributed by atoms with Crippen LogP contribution in [-0.4, -0.2) is 68.3 Å². The van der Waals surface area contributed by atoms with Gasteiger partial charge < -0.3 is 25.0 Å². The molecule has 48 heavy (non-hydrogen) atoms. The molecule has 242 valence electrons. The minimum atomic E-state index is 0.464. The molecule has 0 bridgehead atoms. The highest BCUT2D eigenvalue weighted by Crippen LogP contribution is 2.33. The van der Waals surface area contributed by atoms with Crippen molar-refractivity contribution in [3.05, 3.63) is 97.3 Å². The van der Waals surface area contributed by atoms with Gasteiger partial charge in [-0.15, -0.1) is 10.2 Å². The van der Waals surface area contributed by atoms with E-state index in [2.05, 4.69) is 40.7 Å². The number of piperidine rings is 1. The number of rotatable bonds is 12. The molecule has 11 heteroatoms. The number of hydrogen-bond acceptors (Lipinski definition) is 11. The standard InChI is InChI=1S/C37H37N9O2/c1-47-33-14-7-13-32(42-33)34-28-10-3-4-11-29(28)35(45-44-34)41-26-15-17-27(18-16-26)48-36-30(12-8-20-38-36)31-19-22-40-37(43-31)39-21-9-25-46-23-5-2-6-24-46/h3-4,7-8,10-20,22H,2,5-6,9,21,23-25H2,1H3,(H,41,45)(H,39,40,43). The molecule has 2 N–H and O–H groups in total. The third kappa shape index (κ3) is 7.31. The Hall–Kier alpha value is -5.68. The lowest BCUT2D eigenvalue weighted by Gasteiger charge is -2.26. The zero-order valence-corrected chi connectivity index (χ0v) is 26.8. The number of nitrogens with one attached hydrogen (secondary N) is 2. The molecule has 1 aliphatic rings. The number of pyridine rings is 2. The molecule has 4 aromatic heterocycles. The SMILES string of the molecule is COc1cccc(-c2nnc(Nc3ccc(Oc4ncccc4-c4ccnc(NCCCN5CCCCC5)n4)cc3)c3ccccc23)n1. The van der Waals surface area contributed by atoms with Crippen LogP contribution in [0.25, 0.3) is 33.4 Å². The maximum atomic E-state index is 6.26. The minimum absolute atomic E-state index is 0.464. The van der Waals surface area contributed by atoms with Crippen molar-refractivity contribution in [1.82, 2.24) is 35.0 Å². The summed E-state index contributed by atoms with van der Waals surface area (Å²) in [5, 5.41) is 17.7. The lowest BCUT2D eigenvalue weighted by Crippen LogP contribution is -2.31. The number of aromatic nitrogens is 6. The maximum Gasteiger partial charge on any atom is 0.228 e. The van der Waals surface area contributed by atoms with Gasteiger partial charge in [0.05, 0.1) is 24.1 Å². The maximum absolute atomic E-state index is 6.26. The zero-order chi connectivity index (χ0) is 32.5. The zero-order valence-electron chi connectivity index (χ0n) is 26.8. The summed E-state index contributed by atoms with van der Waals surface area (Å²) in [6, 6.07) is 26.9. The molecule has 7 rings (SSSR count). The minimum Gasteiger partial charge on any atom is -0.481 e. The van der Waals surface area contributed by atoms with Crippen molar-refractivity contribution >= 4 is 28.2 Å². The molecule has 6 aromatic rings. The van der Waals surface area contributed by atoms with Crippen molar-refractivity contribution in [2.45, 2.75) is 25.7 Å². The van der Waals surface area contributed by atoms with Crippen molar-refractivity contribution in [2.24, 2.45) is 0 Å². The molecular formula is C37H37N9O2. The van der Waals surface area contributed by atoms with Gasteiger partial charge in [-0.25, -0.2) is 19.9 Å². The van der Waals surface area contributed by atoms with Gasteiger partial charge in [0.1, 0.15) is 11.4 Å². The average Bonchev–Trinajstić information content (AvgIpc) is 3.15. The van der Waals surface area contributed by atoms with Gasteiger partial charge in [0.15, 0.2) is 5.82 Å². The van der Waals surface area contributed by atoms with Gasteiger partial charge in [0.2, 0.25) is 17.7 Å². The quantitative estimate of drug-likeness (QED) is 0.130. The number of hydrogen-bond donors (Lipinski definition) is 2. The molecule has 1 saturated heterocycles. The van der Waals surface area contributed by atoms with E-state index < -0.39 is 0 Å². The van der Waals surface area contributed by atoms with E-state index in [9.17, 15) is 0 Å². The molecule has 2 aromatic carbocycles. The van der Waals surface area contributed by atoms with Gasteiger partial charge in [-0.3, -0.25) is 0 Å². The van der Waals surface area contributed by atoms with E-state index in [1.807, 2.05) is 78.9 Å². The fourth-order valence-corrected chi connectivity index (χ4v) is 5.85. The molecule has 0 radical (unpaired) electrons. The van der Waals surface area contributed by atoms with E-state index in [0.29, 0.717) is 40.7 Å². The second-order valence-corrected chi connectivity index (χ2v) is 11.6. The number of likely N-dealkylation sites (tertiary alicyclic amines) is 1. The van der Waals surface area contributed by atoms with Crippen LogP contribution in [0.1, 0.15) is 25.7 Å². The van der Waals surface area contributed by atoms with Crippen molar-refractivity contribution in [1.29, 1.82) is 0 Å². The third-order valence-corrected chi connectivity index (χ3v) is 8.28.